The lowest BCUT2D eigenvalue weighted by Gasteiger charge is -2.32. The normalized spacial score (nSPS) is 18.4. The van der Waals surface area contributed by atoms with Gasteiger partial charge in [-0.25, -0.2) is 0 Å². The van der Waals surface area contributed by atoms with Crippen LogP contribution in [0.25, 0.3) is 0 Å². The number of rotatable bonds is 5. The molecule has 4 rings (SSSR count). The first kappa shape index (κ1) is 21.3. The van der Waals surface area contributed by atoms with E-state index in [1.165, 1.54) is 11.8 Å². The minimum atomic E-state index is -0.554. The Bertz CT molecular complexity index is 1160. The van der Waals surface area contributed by atoms with E-state index >= 15 is 0 Å². The molecule has 1 aliphatic heterocycles. The summed E-state index contributed by atoms with van der Waals surface area (Å²) in [5, 5.41) is 17.1. The van der Waals surface area contributed by atoms with Crippen molar-refractivity contribution in [3.63, 3.8) is 0 Å². The second kappa shape index (κ2) is 9.04. The van der Waals surface area contributed by atoms with Gasteiger partial charge in [0.25, 0.3) is 0 Å². The predicted octanol–water partition coefficient (Wildman–Crippen LogP) is 5.04. The minimum absolute atomic E-state index is 0.0308. The van der Waals surface area contributed by atoms with Crippen molar-refractivity contribution in [2.75, 3.05) is 11.1 Å². The number of amides is 1. The maximum absolute atomic E-state index is 12.7. The molecule has 2 N–H and O–H groups in total. The topological polar surface area (TPSA) is 95.1 Å². The molecule has 1 aliphatic carbocycles. The monoisotopic (exact) mass is 453 g/mol. The molecule has 1 aromatic heterocycles. The zero-order chi connectivity index (χ0) is 22.0. The SMILES string of the molecule is Cc1ccc([C@@H]2C(C#N)=C(SCC(=O)Nc3cccc(Cl)c3)NC3=C2C(=O)CCC3)o1. The first-order chi connectivity index (χ1) is 15.0. The van der Waals surface area contributed by atoms with Crippen molar-refractivity contribution < 1.29 is 14.0 Å². The number of carbonyl (C=O) groups is 2. The number of nitriles is 1. The average molecular weight is 454 g/mol. The molecule has 0 saturated carbocycles. The summed E-state index contributed by atoms with van der Waals surface area (Å²) in [6, 6.07) is 12.8. The number of nitrogens with zero attached hydrogens (tertiary/aromatic N) is 1. The third kappa shape index (κ3) is 4.55. The van der Waals surface area contributed by atoms with E-state index in [-0.39, 0.29) is 17.4 Å². The van der Waals surface area contributed by atoms with Crippen LogP contribution < -0.4 is 10.6 Å². The predicted molar refractivity (Wildman–Crippen MR) is 120 cm³/mol. The van der Waals surface area contributed by atoms with Crippen LogP contribution in [0.4, 0.5) is 5.69 Å². The molecule has 2 aromatic rings. The fourth-order valence-corrected chi connectivity index (χ4v) is 4.88. The Labute approximate surface area is 189 Å². The van der Waals surface area contributed by atoms with Crippen LogP contribution in [0.15, 0.2) is 62.7 Å². The van der Waals surface area contributed by atoms with Gasteiger partial charge in [-0.15, -0.1) is 0 Å². The molecule has 6 nitrogen and oxygen atoms in total. The van der Waals surface area contributed by atoms with Gasteiger partial charge in [-0.3, -0.25) is 9.59 Å². The highest BCUT2D eigenvalue weighted by Gasteiger charge is 2.38. The Morgan fingerprint density at radius 1 is 1.35 bits per heavy atom. The summed E-state index contributed by atoms with van der Waals surface area (Å²) in [6.07, 6.45) is 1.93. The van der Waals surface area contributed by atoms with Crippen LogP contribution in [-0.4, -0.2) is 17.4 Å². The van der Waals surface area contributed by atoms with E-state index < -0.39 is 5.92 Å². The number of Topliss-reactive ketones (excluding diaryl/α,β-unsaturated/α-hetero) is 1. The van der Waals surface area contributed by atoms with Gasteiger partial charge in [-0.2, -0.15) is 5.26 Å². The maximum atomic E-state index is 12.7. The fraction of sp³-hybridized carbons (Fsp3) is 0.261. The van der Waals surface area contributed by atoms with E-state index in [4.69, 9.17) is 16.0 Å². The third-order valence-corrected chi connectivity index (χ3v) is 6.42. The molecule has 31 heavy (non-hydrogen) atoms. The van der Waals surface area contributed by atoms with Gasteiger partial charge in [0.2, 0.25) is 5.91 Å². The quantitative estimate of drug-likeness (QED) is 0.658. The van der Waals surface area contributed by atoms with E-state index in [1.807, 2.05) is 19.1 Å². The summed E-state index contributed by atoms with van der Waals surface area (Å²) in [7, 11) is 0. The van der Waals surface area contributed by atoms with Gasteiger partial charge in [0.05, 0.1) is 28.3 Å². The Morgan fingerprint density at radius 3 is 2.90 bits per heavy atom. The Balaban J connectivity index is 1.59. The number of hydrogen-bond acceptors (Lipinski definition) is 6. The summed E-state index contributed by atoms with van der Waals surface area (Å²) in [5.74, 6) is 0.639. The lowest BCUT2D eigenvalue weighted by Crippen LogP contribution is -2.31. The molecule has 8 heteroatoms. The molecule has 0 spiro atoms. The van der Waals surface area contributed by atoms with Crippen molar-refractivity contribution in [1.82, 2.24) is 5.32 Å². The van der Waals surface area contributed by atoms with Crippen molar-refractivity contribution in [1.29, 1.82) is 5.26 Å². The molecule has 2 aliphatic rings. The number of aryl methyl sites for hydroxylation is 1. The number of furan rings is 1. The summed E-state index contributed by atoms with van der Waals surface area (Å²) in [4.78, 5) is 25.2. The van der Waals surface area contributed by atoms with E-state index in [1.54, 1.807) is 24.3 Å². The number of allylic oxidation sites excluding steroid dienone is 3. The van der Waals surface area contributed by atoms with Gasteiger partial charge < -0.3 is 15.1 Å². The lowest BCUT2D eigenvalue weighted by molar-refractivity contribution is -0.116. The third-order valence-electron chi connectivity index (χ3n) is 5.16. The van der Waals surface area contributed by atoms with Crippen molar-refractivity contribution in [3.05, 3.63) is 74.8 Å². The summed E-state index contributed by atoms with van der Waals surface area (Å²) in [5.41, 5.74) is 2.41. The number of carbonyl (C=O) groups excluding carboxylic acids is 2. The molecule has 0 bridgehead atoms. The van der Waals surface area contributed by atoms with Gasteiger partial charge in [0, 0.05) is 28.4 Å². The van der Waals surface area contributed by atoms with Crippen LogP contribution in [0.3, 0.4) is 0 Å². The van der Waals surface area contributed by atoms with Crippen LogP contribution in [0, 0.1) is 18.3 Å². The van der Waals surface area contributed by atoms with E-state index in [0.29, 0.717) is 44.8 Å². The Morgan fingerprint density at radius 2 is 2.19 bits per heavy atom. The zero-order valence-corrected chi connectivity index (χ0v) is 18.4. The molecule has 1 aromatic carbocycles. The second-order valence-electron chi connectivity index (χ2n) is 7.38. The van der Waals surface area contributed by atoms with Crippen molar-refractivity contribution in [3.8, 4) is 6.07 Å². The lowest BCUT2D eigenvalue weighted by atomic mass is 9.79. The second-order valence-corrected chi connectivity index (χ2v) is 8.80. The van der Waals surface area contributed by atoms with Gasteiger partial charge in [-0.1, -0.05) is 29.4 Å². The number of dihydropyridines is 1. The number of benzene rings is 1. The smallest absolute Gasteiger partial charge is 0.234 e. The fourth-order valence-electron chi connectivity index (χ4n) is 3.83. The highest BCUT2D eigenvalue weighted by molar-refractivity contribution is 8.03. The molecule has 2 heterocycles. The number of nitrogens with one attached hydrogen (secondary N) is 2. The maximum Gasteiger partial charge on any atom is 0.234 e. The number of ketones is 1. The zero-order valence-electron chi connectivity index (χ0n) is 16.8. The van der Waals surface area contributed by atoms with Gasteiger partial charge in [0.15, 0.2) is 5.78 Å². The summed E-state index contributed by atoms with van der Waals surface area (Å²) >= 11 is 7.20. The molecule has 158 valence electrons. The Hall–Kier alpha value is -2.95. The van der Waals surface area contributed by atoms with Crippen LogP contribution in [0.1, 0.15) is 36.7 Å². The first-order valence-electron chi connectivity index (χ1n) is 9.88. The Kier molecular flexibility index (Phi) is 6.21. The highest BCUT2D eigenvalue weighted by atomic mass is 35.5. The molecule has 0 radical (unpaired) electrons. The molecule has 0 unspecified atom stereocenters. The van der Waals surface area contributed by atoms with Crippen LogP contribution in [0.2, 0.25) is 5.02 Å². The summed E-state index contributed by atoms with van der Waals surface area (Å²) in [6.45, 7) is 1.83. The van der Waals surface area contributed by atoms with Crippen molar-refractivity contribution >= 4 is 40.7 Å². The molecular formula is C23H20ClN3O3S. The average Bonchev–Trinajstić information content (AvgIpc) is 3.17. The minimum Gasteiger partial charge on any atom is -0.465 e. The van der Waals surface area contributed by atoms with E-state index in [9.17, 15) is 14.9 Å². The van der Waals surface area contributed by atoms with E-state index in [2.05, 4.69) is 16.7 Å². The first-order valence-corrected chi connectivity index (χ1v) is 11.2. The van der Waals surface area contributed by atoms with Crippen LogP contribution in [0.5, 0.6) is 0 Å². The van der Waals surface area contributed by atoms with Crippen molar-refractivity contribution in [2.45, 2.75) is 32.1 Å². The largest absolute Gasteiger partial charge is 0.465 e. The number of thioether (sulfide) groups is 1. The molecule has 1 amide bonds. The highest BCUT2D eigenvalue weighted by Crippen LogP contribution is 2.44. The molecular weight excluding hydrogens is 434 g/mol. The number of anilines is 1. The molecule has 0 fully saturated rings. The van der Waals surface area contributed by atoms with Crippen molar-refractivity contribution in [2.24, 2.45) is 0 Å². The van der Waals surface area contributed by atoms with Gasteiger partial charge >= 0.3 is 0 Å². The molecule has 0 saturated heterocycles. The number of hydrogen-bond donors (Lipinski definition) is 2. The van der Waals surface area contributed by atoms with E-state index in [0.717, 1.165) is 18.5 Å². The standard InChI is InChI=1S/C23H20ClN3O3S/c1-13-8-9-19(30-13)21-16(11-25)23(27-17-6-3-7-18(28)22(17)21)31-12-20(29)26-15-5-2-4-14(24)10-15/h2,4-5,8-10,21,27H,3,6-7,12H2,1H3,(H,26,29)/t21-/m0/s1. The molecule has 1 atom stereocenters. The number of halogens is 1. The summed E-state index contributed by atoms with van der Waals surface area (Å²) < 4.78 is 5.82. The van der Waals surface area contributed by atoms with Gasteiger partial charge in [0.1, 0.15) is 11.5 Å². The van der Waals surface area contributed by atoms with Gasteiger partial charge in [-0.05, 0) is 50.1 Å². The van der Waals surface area contributed by atoms with Crippen LogP contribution in [-0.2, 0) is 9.59 Å². The van der Waals surface area contributed by atoms with Crippen LogP contribution >= 0.6 is 23.4 Å².